The highest BCUT2D eigenvalue weighted by Crippen LogP contribution is 2.32. The second-order valence-electron chi connectivity index (χ2n) is 9.20. The van der Waals surface area contributed by atoms with Crippen LogP contribution in [0.25, 0.3) is 0 Å². The summed E-state index contributed by atoms with van der Waals surface area (Å²) in [6.45, 7) is 10.4. The third kappa shape index (κ3) is 6.36. The van der Waals surface area contributed by atoms with Crippen molar-refractivity contribution in [3.8, 4) is 17.2 Å². The minimum atomic E-state index is -0.692. The van der Waals surface area contributed by atoms with Crippen LogP contribution in [0.4, 0.5) is 0 Å². The van der Waals surface area contributed by atoms with Gasteiger partial charge >= 0.3 is 5.97 Å². The Kier molecular flexibility index (Phi) is 7.57. The van der Waals surface area contributed by atoms with Gasteiger partial charge in [0.1, 0.15) is 23.9 Å². The maximum atomic E-state index is 12.9. The van der Waals surface area contributed by atoms with Crippen LogP contribution in [0.3, 0.4) is 0 Å². The second kappa shape index (κ2) is 10.4. The third-order valence-electron chi connectivity index (χ3n) is 5.05. The van der Waals surface area contributed by atoms with Crippen molar-refractivity contribution < 1.29 is 19.0 Å². The number of esters is 1. The van der Waals surface area contributed by atoms with Crippen LogP contribution in [0, 0.1) is 5.92 Å². The van der Waals surface area contributed by atoms with E-state index in [0.717, 1.165) is 16.9 Å². The van der Waals surface area contributed by atoms with Crippen LogP contribution in [0.1, 0.15) is 45.7 Å². The van der Waals surface area contributed by atoms with Gasteiger partial charge in [-0.2, -0.15) is 0 Å². The predicted octanol–water partition coefficient (Wildman–Crippen LogP) is 6.92. The van der Waals surface area contributed by atoms with Crippen molar-refractivity contribution in [1.82, 2.24) is 0 Å². The van der Waals surface area contributed by atoms with Gasteiger partial charge in [-0.15, -0.1) is 0 Å². The molecule has 4 heteroatoms. The smallest absolute Gasteiger partial charge is 0.347 e. The van der Waals surface area contributed by atoms with E-state index in [1.807, 2.05) is 92.7 Å². The standard InChI is InChI=1S/C28H32O4/c1-20(2)26(32-25-17-10-9-16-24(25)28(3,4)5)27(29)30-19-21-12-11-15-23(18-21)31-22-13-7-6-8-14-22/h6-18,20,26H,19H2,1-5H3. The molecule has 0 heterocycles. The molecular weight excluding hydrogens is 400 g/mol. The highest BCUT2D eigenvalue weighted by molar-refractivity contribution is 5.75. The molecule has 168 valence electrons. The minimum absolute atomic E-state index is 0.0386. The van der Waals surface area contributed by atoms with Gasteiger partial charge in [0.2, 0.25) is 0 Å². The van der Waals surface area contributed by atoms with Crippen LogP contribution >= 0.6 is 0 Å². The first-order valence-corrected chi connectivity index (χ1v) is 11.0. The van der Waals surface area contributed by atoms with Gasteiger partial charge < -0.3 is 14.2 Å². The third-order valence-corrected chi connectivity index (χ3v) is 5.05. The number of benzene rings is 3. The fraction of sp³-hybridized carbons (Fsp3) is 0.321. The molecule has 0 bridgehead atoms. The lowest BCUT2D eigenvalue weighted by molar-refractivity contribution is -0.155. The van der Waals surface area contributed by atoms with Crippen LogP contribution in [-0.2, 0) is 21.6 Å². The van der Waals surface area contributed by atoms with Crippen LogP contribution in [0.15, 0.2) is 78.9 Å². The number of ether oxygens (including phenoxy) is 3. The molecule has 1 atom stereocenters. The average molecular weight is 433 g/mol. The second-order valence-corrected chi connectivity index (χ2v) is 9.20. The summed E-state index contributed by atoms with van der Waals surface area (Å²) in [5.41, 5.74) is 1.81. The van der Waals surface area contributed by atoms with Crippen LogP contribution in [-0.4, -0.2) is 12.1 Å². The Bertz CT molecular complexity index is 1020. The summed E-state index contributed by atoms with van der Waals surface area (Å²) in [5.74, 6) is 1.75. The molecule has 0 N–H and O–H groups in total. The molecule has 0 amide bonds. The molecule has 3 aromatic carbocycles. The van der Waals surface area contributed by atoms with E-state index in [-0.39, 0.29) is 23.9 Å². The molecule has 3 rings (SSSR count). The first-order valence-electron chi connectivity index (χ1n) is 11.0. The molecule has 0 saturated heterocycles. The lowest BCUT2D eigenvalue weighted by atomic mass is 9.86. The Labute approximate surface area is 191 Å². The van der Waals surface area contributed by atoms with E-state index in [4.69, 9.17) is 14.2 Å². The Morgan fingerprint density at radius 3 is 2.19 bits per heavy atom. The fourth-order valence-corrected chi connectivity index (χ4v) is 3.34. The van der Waals surface area contributed by atoms with E-state index >= 15 is 0 Å². The number of rotatable bonds is 8. The summed E-state index contributed by atoms with van der Waals surface area (Å²) in [5, 5.41) is 0. The number of carbonyl (C=O) groups excluding carboxylic acids is 1. The molecule has 0 aliphatic heterocycles. The molecule has 4 nitrogen and oxygen atoms in total. The first kappa shape index (κ1) is 23.4. The van der Waals surface area contributed by atoms with Crippen molar-refractivity contribution in [3.05, 3.63) is 90.0 Å². The Hall–Kier alpha value is -3.27. The van der Waals surface area contributed by atoms with Crippen molar-refractivity contribution >= 4 is 5.97 Å². The van der Waals surface area contributed by atoms with Crippen molar-refractivity contribution in [2.24, 2.45) is 5.92 Å². The van der Waals surface area contributed by atoms with E-state index in [9.17, 15) is 4.79 Å². The highest BCUT2D eigenvalue weighted by Gasteiger charge is 2.28. The van der Waals surface area contributed by atoms with Gasteiger partial charge in [-0.1, -0.05) is 83.1 Å². The molecule has 1 unspecified atom stereocenters. The van der Waals surface area contributed by atoms with Crippen LogP contribution in [0.2, 0.25) is 0 Å². The molecule has 0 aliphatic carbocycles. The fourth-order valence-electron chi connectivity index (χ4n) is 3.34. The zero-order chi connectivity index (χ0) is 23.1. The number of hydrogen-bond acceptors (Lipinski definition) is 4. The lowest BCUT2D eigenvalue weighted by Crippen LogP contribution is -2.35. The molecule has 0 saturated carbocycles. The number of hydrogen-bond donors (Lipinski definition) is 0. The van der Waals surface area contributed by atoms with E-state index in [1.165, 1.54) is 0 Å². The first-order chi connectivity index (χ1) is 15.2. The average Bonchev–Trinajstić information content (AvgIpc) is 2.76. The topological polar surface area (TPSA) is 44.8 Å². The monoisotopic (exact) mass is 432 g/mol. The maximum Gasteiger partial charge on any atom is 0.347 e. The van der Waals surface area contributed by atoms with Gasteiger partial charge in [-0.25, -0.2) is 4.79 Å². The van der Waals surface area contributed by atoms with Crippen molar-refractivity contribution in [2.45, 2.75) is 52.7 Å². The van der Waals surface area contributed by atoms with E-state index in [0.29, 0.717) is 11.5 Å². The van der Waals surface area contributed by atoms with Gasteiger partial charge in [0.05, 0.1) is 0 Å². The van der Waals surface area contributed by atoms with Gasteiger partial charge in [0, 0.05) is 5.92 Å². The van der Waals surface area contributed by atoms with Gasteiger partial charge in [0.15, 0.2) is 6.10 Å². The van der Waals surface area contributed by atoms with Gasteiger partial charge in [-0.3, -0.25) is 0 Å². The van der Waals surface area contributed by atoms with E-state index in [1.54, 1.807) is 0 Å². The number of para-hydroxylation sites is 2. The van der Waals surface area contributed by atoms with E-state index < -0.39 is 6.10 Å². The zero-order valence-electron chi connectivity index (χ0n) is 19.5. The van der Waals surface area contributed by atoms with E-state index in [2.05, 4.69) is 20.8 Å². The predicted molar refractivity (Wildman–Crippen MR) is 127 cm³/mol. The van der Waals surface area contributed by atoms with Gasteiger partial charge in [0.25, 0.3) is 0 Å². The minimum Gasteiger partial charge on any atom is -0.478 e. The Balaban J connectivity index is 1.67. The van der Waals surface area contributed by atoms with Crippen molar-refractivity contribution in [2.75, 3.05) is 0 Å². The summed E-state index contributed by atoms with van der Waals surface area (Å²) >= 11 is 0. The summed E-state index contributed by atoms with van der Waals surface area (Å²) in [6.07, 6.45) is -0.692. The molecule has 0 radical (unpaired) electrons. The summed E-state index contributed by atoms with van der Waals surface area (Å²) < 4.78 is 17.7. The molecule has 32 heavy (non-hydrogen) atoms. The maximum absolute atomic E-state index is 12.9. The van der Waals surface area contributed by atoms with Crippen molar-refractivity contribution in [3.63, 3.8) is 0 Å². The summed E-state index contributed by atoms with van der Waals surface area (Å²) in [6, 6.07) is 25.0. The van der Waals surface area contributed by atoms with Crippen molar-refractivity contribution in [1.29, 1.82) is 0 Å². The van der Waals surface area contributed by atoms with Gasteiger partial charge in [-0.05, 0) is 46.9 Å². The van der Waals surface area contributed by atoms with Crippen LogP contribution < -0.4 is 9.47 Å². The van der Waals surface area contributed by atoms with Crippen LogP contribution in [0.5, 0.6) is 17.2 Å². The Morgan fingerprint density at radius 1 is 0.844 bits per heavy atom. The molecule has 0 fully saturated rings. The molecule has 0 aliphatic rings. The SMILES string of the molecule is CC(C)C(Oc1ccccc1C(C)(C)C)C(=O)OCc1cccc(Oc2ccccc2)c1. The highest BCUT2D eigenvalue weighted by atomic mass is 16.6. The molecule has 0 aromatic heterocycles. The molecule has 0 spiro atoms. The Morgan fingerprint density at radius 2 is 1.50 bits per heavy atom. The quantitative estimate of drug-likeness (QED) is 0.362. The molecular formula is C28H32O4. The molecule has 3 aromatic rings. The lowest BCUT2D eigenvalue weighted by Gasteiger charge is -2.27. The normalized spacial score (nSPS) is 12.3. The largest absolute Gasteiger partial charge is 0.478 e. The zero-order valence-corrected chi connectivity index (χ0v) is 19.5. The summed E-state index contributed by atoms with van der Waals surface area (Å²) in [4.78, 5) is 12.9. The summed E-state index contributed by atoms with van der Waals surface area (Å²) in [7, 11) is 0. The number of carbonyl (C=O) groups is 1.